The lowest BCUT2D eigenvalue weighted by Crippen LogP contribution is -2.41. The van der Waals surface area contributed by atoms with E-state index in [-0.39, 0.29) is 11.8 Å². The molecule has 3 aromatic rings. The number of likely N-dealkylation sites (N-methyl/N-ethyl adjacent to an activating group) is 1. The minimum atomic E-state index is -1.24. The van der Waals surface area contributed by atoms with Crippen molar-refractivity contribution in [3.8, 4) is 11.5 Å². The lowest BCUT2D eigenvalue weighted by Gasteiger charge is -2.33. The summed E-state index contributed by atoms with van der Waals surface area (Å²) in [6, 6.07) is 15.3. The number of halogens is 1. The van der Waals surface area contributed by atoms with Gasteiger partial charge in [0.2, 0.25) is 0 Å². The molecule has 8 heteroatoms. The van der Waals surface area contributed by atoms with E-state index in [0.717, 1.165) is 17.5 Å². The molecular formula is C29H31FN2O5. The highest BCUT2D eigenvalue weighted by Gasteiger charge is 2.30. The zero-order valence-electron chi connectivity index (χ0n) is 21.6. The smallest absolute Gasteiger partial charge is 0.313 e. The number of rotatable bonds is 7. The SMILES string of the molecule is Cc1cc(OC[C@@H]2CN(C)c3ccccc3O2)cc(C)c1C(=O)Nc1cc(C(C)(C)C(=O)O)ccc1F. The second kappa shape index (κ2) is 10.1. The Morgan fingerprint density at radius 2 is 1.81 bits per heavy atom. The van der Waals surface area contributed by atoms with Crippen molar-refractivity contribution in [2.24, 2.45) is 0 Å². The predicted molar refractivity (Wildman–Crippen MR) is 141 cm³/mol. The largest absolute Gasteiger partial charge is 0.490 e. The average Bonchev–Trinajstić information content (AvgIpc) is 2.83. The molecule has 0 saturated heterocycles. The van der Waals surface area contributed by atoms with Crippen molar-refractivity contribution in [2.75, 3.05) is 30.4 Å². The summed E-state index contributed by atoms with van der Waals surface area (Å²) in [6.45, 7) is 7.64. The Labute approximate surface area is 215 Å². The van der Waals surface area contributed by atoms with Crippen molar-refractivity contribution < 1.29 is 28.6 Å². The summed E-state index contributed by atoms with van der Waals surface area (Å²) in [5.74, 6) is -0.763. The molecular weight excluding hydrogens is 475 g/mol. The Morgan fingerprint density at radius 3 is 2.49 bits per heavy atom. The molecule has 0 bridgehead atoms. The molecule has 4 rings (SSSR count). The summed E-state index contributed by atoms with van der Waals surface area (Å²) in [6.07, 6.45) is -0.159. The number of nitrogens with zero attached hydrogens (tertiary/aromatic N) is 1. The maximum absolute atomic E-state index is 14.5. The van der Waals surface area contributed by atoms with Crippen molar-refractivity contribution in [3.63, 3.8) is 0 Å². The van der Waals surface area contributed by atoms with Crippen LogP contribution in [0.3, 0.4) is 0 Å². The topological polar surface area (TPSA) is 88.1 Å². The molecule has 0 radical (unpaired) electrons. The highest BCUT2D eigenvalue weighted by Crippen LogP contribution is 2.33. The second-order valence-corrected chi connectivity index (χ2v) is 9.91. The van der Waals surface area contributed by atoms with Gasteiger partial charge >= 0.3 is 5.97 Å². The fourth-order valence-corrected chi connectivity index (χ4v) is 4.45. The van der Waals surface area contributed by atoms with Gasteiger partial charge in [-0.15, -0.1) is 0 Å². The fraction of sp³-hybridized carbons (Fsp3) is 0.310. The first-order valence-electron chi connectivity index (χ1n) is 12.0. The fourth-order valence-electron chi connectivity index (χ4n) is 4.45. The minimum absolute atomic E-state index is 0.0743. The summed E-state index contributed by atoms with van der Waals surface area (Å²) >= 11 is 0. The Morgan fingerprint density at radius 1 is 1.14 bits per heavy atom. The number of carboxylic acids is 1. The molecule has 0 fully saturated rings. The van der Waals surface area contributed by atoms with E-state index in [9.17, 15) is 19.1 Å². The number of amides is 1. The quantitative estimate of drug-likeness (QED) is 0.450. The minimum Gasteiger partial charge on any atom is -0.490 e. The number of hydrogen-bond donors (Lipinski definition) is 2. The van der Waals surface area contributed by atoms with Gasteiger partial charge in [0.05, 0.1) is 23.3 Å². The molecule has 1 aliphatic heterocycles. The van der Waals surface area contributed by atoms with Gasteiger partial charge in [-0.25, -0.2) is 4.39 Å². The first-order chi connectivity index (χ1) is 17.5. The lowest BCUT2D eigenvalue weighted by atomic mass is 9.84. The highest BCUT2D eigenvalue weighted by molar-refractivity contribution is 6.06. The van der Waals surface area contributed by atoms with Crippen LogP contribution >= 0.6 is 0 Å². The molecule has 1 atom stereocenters. The normalized spacial score (nSPS) is 15.0. The van der Waals surface area contributed by atoms with Crippen LogP contribution in [0, 0.1) is 19.7 Å². The summed E-state index contributed by atoms with van der Waals surface area (Å²) in [5, 5.41) is 12.1. The maximum atomic E-state index is 14.5. The number of carboxylic acid groups (broad SMARTS) is 1. The third-order valence-electron chi connectivity index (χ3n) is 6.69. The van der Waals surface area contributed by atoms with Gasteiger partial charge in [0.15, 0.2) is 0 Å². The van der Waals surface area contributed by atoms with E-state index in [1.807, 2.05) is 31.3 Å². The molecule has 7 nitrogen and oxygen atoms in total. The number of benzene rings is 3. The van der Waals surface area contributed by atoms with Crippen LogP contribution in [0.5, 0.6) is 11.5 Å². The monoisotopic (exact) mass is 506 g/mol. The molecule has 1 heterocycles. The molecule has 3 aromatic carbocycles. The van der Waals surface area contributed by atoms with Crippen molar-refractivity contribution in [1.82, 2.24) is 0 Å². The Kier molecular flexibility index (Phi) is 7.12. The van der Waals surface area contributed by atoms with Crippen LogP contribution in [0.25, 0.3) is 0 Å². The van der Waals surface area contributed by atoms with Crippen LogP contribution < -0.4 is 19.7 Å². The summed E-state index contributed by atoms with van der Waals surface area (Å²) in [7, 11) is 2.01. The molecule has 194 valence electrons. The molecule has 1 aliphatic rings. The number of para-hydroxylation sites is 2. The van der Waals surface area contributed by atoms with E-state index in [1.54, 1.807) is 26.0 Å². The van der Waals surface area contributed by atoms with Gasteiger partial charge in [-0.3, -0.25) is 9.59 Å². The van der Waals surface area contributed by atoms with Crippen LogP contribution in [0.4, 0.5) is 15.8 Å². The van der Waals surface area contributed by atoms with E-state index < -0.39 is 23.1 Å². The van der Waals surface area contributed by atoms with Crippen molar-refractivity contribution in [2.45, 2.75) is 39.2 Å². The van der Waals surface area contributed by atoms with Crippen molar-refractivity contribution in [3.05, 3.63) is 82.7 Å². The zero-order valence-corrected chi connectivity index (χ0v) is 21.6. The zero-order chi connectivity index (χ0) is 26.9. The Balaban J connectivity index is 1.47. The van der Waals surface area contributed by atoms with Gasteiger partial charge in [-0.05, 0) is 80.8 Å². The number of nitrogens with one attached hydrogen (secondary N) is 1. The van der Waals surface area contributed by atoms with E-state index in [0.29, 0.717) is 41.2 Å². The van der Waals surface area contributed by atoms with E-state index >= 15 is 0 Å². The van der Waals surface area contributed by atoms with Gasteiger partial charge < -0.3 is 24.8 Å². The molecule has 0 aliphatic carbocycles. The van der Waals surface area contributed by atoms with Crippen LogP contribution in [0.15, 0.2) is 54.6 Å². The molecule has 0 saturated carbocycles. The summed E-state index contributed by atoms with van der Waals surface area (Å²) < 4.78 is 26.6. The van der Waals surface area contributed by atoms with Crippen LogP contribution in [-0.4, -0.2) is 43.3 Å². The van der Waals surface area contributed by atoms with Crippen molar-refractivity contribution >= 4 is 23.3 Å². The number of carbonyl (C=O) groups is 2. The number of aryl methyl sites for hydroxylation is 2. The summed E-state index contributed by atoms with van der Waals surface area (Å²) in [5.41, 5.74) is 1.84. The van der Waals surface area contributed by atoms with E-state index in [2.05, 4.69) is 10.2 Å². The number of fused-ring (bicyclic) bond motifs is 1. The van der Waals surface area contributed by atoms with E-state index in [1.165, 1.54) is 26.0 Å². The number of ether oxygens (including phenoxy) is 2. The average molecular weight is 507 g/mol. The van der Waals surface area contributed by atoms with Gasteiger partial charge in [-0.2, -0.15) is 0 Å². The van der Waals surface area contributed by atoms with Gasteiger partial charge in [0, 0.05) is 12.6 Å². The maximum Gasteiger partial charge on any atom is 0.313 e. The highest BCUT2D eigenvalue weighted by atomic mass is 19.1. The predicted octanol–water partition coefficient (Wildman–Crippen LogP) is 5.33. The Bertz CT molecular complexity index is 1330. The molecule has 0 unspecified atom stereocenters. The third-order valence-corrected chi connectivity index (χ3v) is 6.69. The molecule has 0 aromatic heterocycles. The number of carbonyl (C=O) groups excluding carboxylic acids is 1. The number of aliphatic carboxylic acids is 1. The standard InChI is InChI=1S/C29H31FN2O5/c1-17-12-20(36-16-21-15-32(5)24-8-6-7-9-25(24)37-21)13-18(2)26(17)27(33)31-23-14-19(10-11-22(23)30)29(3,4)28(34)35/h6-14,21H,15-16H2,1-5H3,(H,31,33)(H,34,35)/t21-/m0/s1. The van der Waals surface area contributed by atoms with Crippen LogP contribution in [0.1, 0.15) is 40.9 Å². The van der Waals surface area contributed by atoms with Crippen LogP contribution in [0.2, 0.25) is 0 Å². The van der Waals surface area contributed by atoms with Gasteiger partial charge in [-0.1, -0.05) is 18.2 Å². The first-order valence-corrected chi connectivity index (χ1v) is 12.0. The molecule has 2 N–H and O–H groups in total. The van der Waals surface area contributed by atoms with Gasteiger partial charge in [0.25, 0.3) is 5.91 Å². The number of anilines is 2. The lowest BCUT2D eigenvalue weighted by molar-refractivity contribution is -0.142. The van der Waals surface area contributed by atoms with Crippen molar-refractivity contribution in [1.29, 1.82) is 0 Å². The molecule has 0 spiro atoms. The Hall–Kier alpha value is -4.07. The summed E-state index contributed by atoms with van der Waals surface area (Å²) in [4.78, 5) is 26.8. The molecule has 1 amide bonds. The van der Waals surface area contributed by atoms with E-state index in [4.69, 9.17) is 9.47 Å². The number of hydrogen-bond acceptors (Lipinski definition) is 5. The first kappa shape index (κ1) is 26.0. The third kappa shape index (κ3) is 5.38. The van der Waals surface area contributed by atoms with Crippen LogP contribution in [-0.2, 0) is 10.2 Å². The van der Waals surface area contributed by atoms with Gasteiger partial charge in [0.1, 0.15) is 30.0 Å². The second-order valence-electron chi connectivity index (χ2n) is 9.91. The molecule has 37 heavy (non-hydrogen) atoms.